The Kier molecular flexibility index (Phi) is 3.10. The van der Waals surface area contributed by atoms with Crippen molar-refractivity contribution >= 4 is 25.8 Å². The van der Waals surface area contributed by atoms with Gasteiger partial charge >= 0.3 is 0 Å². The predicted octanol–water partition coefficient (Wildman–Crippen LogP) is 0.616. The second kappa shape index (κ2) is 4.05. The molecule has 1 fully saturated rings. The van der Waals surface area contributed by atoms with E-state index in [4.69, 9.17) is 11.5 Å². The summed E-state index contributed by atoms with van der Waals surface area (Å²) in [7, 11) is -3.17. The molecule has 4 N–H and O–H groups in total. The van der Waals surface area contributed by atoms with Gasteiger partial charge in [0.2, 0.25) is 0 Å². The van der Waals surface area contributed by atoms with Gasteiger partial charge in [-0.15, -0.1) is 0 Å². The predicted molar refractivity (Wildman–Crippen MR) is 71.5 cm³/mol. The van der Waals surface area contributed by atoms with Crippen LogP contribution in [0.2, 0.25) is 0 Å². The third kappa shape index (κ3) is 2.14. The normalized spacial score (nSPS) is 32.5. The zero-order chi connectivity index (χ0) is 12.8. The molecule has 1 aliphatic rings. The maximum atomic E-state index is 11.7. The van der Waals surface area contributed by atoms with Gasteiger partial charge in [0.25, 0.3) is 0 Å². The van der Waals surface area contributed by atoms with Crippen LogP contribution in [0.4, 0.5) is 0 Å². The second-order valence-electron chi connectivity index (χ2n) is 4.60. The first-order chi connectivity index (χ1) is 7.80. The molecule has 17 heavy (non-hydrogen) atoms. The van der Waals surface area contributed by atoms with Crippen molar-refractivity contribution in [2.75, 3.05) is 12.8 Å². The lowest BCUT2D eigenvalue weighted by atomic mass is 10.1. The summed E-state index contributed by atoms with van der Waals surface area (Å²) in [4.78, 5) is 0. The fraction of sp³-hybridized carbons (Fsp3) is 0.455. The van der Waals surface area contributed by atoms with Gasteiger partial charge in [-0.05, 0) is 17.7 Å². The molecule has 1 aliphatic carbocycles. The van der Waals surface area contributed by atoms with E-state index >= 15 is 0 Å². The molecule has 1 aromatic rings. The first kappa shape index (κ1) is 13.0. The molecule has 0 radical (unpaired) electrons. The number of rotatable bonds is 3. The first-order valence-corrected chi connectivity index (χ1v) is 7.99. The van der Waals surface area contributed by atoms with Gasteiger partial charge in [0.15, 0.2) is 9.84 Å². The number of hydrogen-bond acceptors (Lipinski definition) is 4. The molecule has 4 nitrogen and oxygen atoms in total. The molecule has 0 bridgehead atoms. The Morgan fingerprint density at radius 2 is 1.88 bits per heavy atom. The Balaban J connectivity index is 2.37. The van der Waals surface area contributed by atoms with Crippen LogP contribution in [-0.2, 0) is 9.84 Å². The summed E-state index contributed by atoms with van der Waals surface area (Å²) >= 11 is 3.34. The Morgan fingerprint density at radius 3 is 2.24 bits per heavy atom. The molecule has 0 amide bonds. The van der Waals surface area contributed by atoms with Crippen LogP contribution in [0.1, 0.15) is 11.5 Å². The third-order valence-corrected chi connectivity index (χ3v) is 5.51. The van der Waals surface area contributed by atoms with E-state index < -0.39 is 20.6 Å². The van der Waals surface area contributed by atoms with E-state index in [1.54, 1.807) is 0 Å². The van der Waals surface area contributed by atoms with E-state index in [0.29, 0.717) is 0 Å². The lowest BCUT2D eigenvalue weighted by Gasteiger charge is -2.07. The van der Waals surface area contributed by atoms with Crippen LogP contribution in [0, 0.1) is 0 Å². The van der Waals surface area contributed by atoms with E-state index in [0.717, 1.165) is 10.0 Å². The number of hydrogen-bond donors (Lipinski definition) is 2. The molecule has 0 aromatic heterocycles. The molecular formula is C11H15BrN2O2S. The quantitative estimate of drug-likeness (QED) is 0.855. The average molecular weight is 319 g/mol. The van der Waals surface area contributed by atoms with Gasteiger partial charge in [0.05, 0.1) is 10.8 Å². The molecule has 0 spiro atoms. The van der Waals surface area contributed by atoms with Gasteiger partial charge in [-0.2, -0.15) is 0 Å². The zero-order valence-electron chi connectivity index (χ0n) is 9.43. The Labute approximate surface area is 109 Å². The monoisotopic (exact) mass is 318 g/mol. The lowest BCUT2D eigenvalue weighted by molar-refractivity contribution is 0.591. The molecule has 6 heteroatoms. The molecule has 0 heterocycles. The lowest BCUT2D eigenvalue weighted by Crippen LogP contribution is -2.38. The van der Waals surface area contributed by atoms with Crippen molar-refractivity contribution in [2.45, 2.75) is 16.7 Å². The molecule has 3 atom stereocenters. The number of sulfone groups is 1. The molecule has 1 aromatic carbocycles. The maximum absolute atomic E-state index is 11.7. The summed E-state index contributed by atoms with van der Waals surface area (Å²) in [5.74, 6) is -0.199. The van der Waals surface area contributed by atoms with Crippen LogP contribution >= 0.6 is 15.9 Å². The molecule has 1 saturated carbocycles. The fourth-order valence-corrected chi connectivity index (χ4v) is 4.60. The summed E-state index contributed by atoms with van der Waals surface area (Å²) in [6, 6.07) is 7.53. The van der Waals surface area contributed by atoms with E-state index in [1.807, 2.05) is 24.3 Å². The second-order valence-corrected chi connectivity index (χ2v) is 7.68. The number of benzene rings is 1. The van der Waals surface area contributed by atoms with E-state index in [1.165, 1.54) is 6.26 Å². The minimum atomic E-state index is -3.17. The Morgan fingerprint density at radius 1 is 1.35 bits per heavy atom. The Bertz CT molecular complexity index is 529. The van der Waals surface area contributed by atoms with Crippen LogP contribution in [0.5, 0.6) is 0 Å². The van der Waals surface area contributed by atoms with Crippen LogP contribution in [-0.4, -0.2) is 32.0 Å². The Hall–Kier alpha value is -0.430. The van der Waals surface area contributed by atoms with Crippen LogP contribution in [0.3, 0.4) is 0 Å². The molecule has 0 saturated heterocycles. The van der Waals surface area contributed by atoms with Crippen molar-refractivity contribution in [3.8, 4) is 0 Å². The van der Waals surface area contributed by atoms with E-state index in [9.17, 15) is 8.42 Å². The summed E-state index contributed by atoms with van der Waals surface area (Å²) in [6.07, 6.45) is 1.22. The fourth-order valence-electron chi connectivity index (χ4n) is 2.47. The molecule has 2 rings (SSSR count). The maximum Gasteiger partial charge on any atom is 0.152 e. The highest BCUT2D eigenvalue weighted by molar-refractivity contribution is 9.10. The zero-order valence-corrected chi connectivity index (χ0v) is 11.8. The summed E-state index contributed by atoms with van der Waals surface area (Å²) in [5.41, 5.74) is 11.8. The van der Waals surface area contributed by atoms with Crippen molar-refractivity contribution in [1.29, 1.82) is 0 Å². The van der Waals surface area contributed by atoms with Crippen molar-refractivity contribution < 1.29 is 8.42 Å². The number of halogens is 1. The summed E-state index contributed by atoms with van der Waals surface area (Å²) < 4.78 is 24.3. The van der Waals surface area contributed by atoms with Crippen molar-refractivity contribution in [3.63, 3.8) is 0 Å². The largest absolute Gasteiger partial charge is 0.329 e. The third-order valence-electron chi connectivity index (χ3n) is 3.35. The molecular weight excluding hydrogens is 304 g/mol. The van der Waals surface area contributed by atoms with Gasteiger partial charge < -0.3 is 11.5 Å². The van der Waals surface area contributed by atoms with Gasteiger partial charge in [-0.25, -0.2) is 8.42 Å². The van der Waals surface area contributed by atoms with Gasteiger partial charge in [0, 0.05) is 23.2 Å². The minimum Gasteiger partial charge on any atom is -0.329 e. The van der Waals surface area contributed by atoms with E-state index in [-0.39, 0.29) is 12.5 Å². The SMILES string of the molecule is CS(=O)(=O)[C@H]1[C@@H](c2ccc(Br)cc2)[C@@]1(N)CN. The van der Waals surface area contributed by atoms with Gasteiger partial charge in [-0.3, -0.25) is 0 Å². The van der Waals surface area contributed by atoms with Gasteiger partial charge in [-0.1, -0.05) is 28.1 Å². The van der Waals surface area contributed by atoms with Crippen molar-refractivity contribution in [1.82, 2.24) is 0 Å². The van der Waals surface area contributed by atoms with Crippen LogP contribution < -0.4 is 11.5 Å². The van der Waals surface area contributed by atoms with Crippen LogP contribution in [0.25, 0.3) is 0 Å². The van der Waals surface area contributed by atoms with Crippen molar-refractivity contribution in [3.05, 3.63) is 34.3 Å². The number of nitrogens with two attached hydrogens (primary N) is 2. The summed E-state index contributed by atoms with van der Waals surface area (Å²) in [6.45, 7) is 0.172. The summed E-state index contributed by atoms with van der Waals surface area (Å²) in [5, 5.41) is -0.568. The smallest absolute Gasteiger partial charge is 0.152 e. The molecule has 94 valence electrons. The highest BCUT2D eigenvalue weighted by atomic mass is 79.9. The average Bonchev–Trinajstić information content (AvgIpc) is 2.87. The highest BCUT2D eigenvalue weighted by Gasteiger charge is 2.67. The van der Waals surface area contributed by atoms with Crippen LogP contribution in [0.15, 0.2) is 28.7 Å². The standard InChI is InChI=1S/C11H15BrN2O2S/c1-17(15,16)10-9(11(10,14)6-13)7-2-4-8(12)5-3-7/h2-5,9-10H,6,13-14H2,1H3/t9-,10+,11+/m1/s1. The molecule has 0 aliphatic heterocycles. The van der Waals surface area contributed by atoms with Gasteiger partial charge in [0.1, 0.15) is 0 Å². The molecule has 0 unspecified atom stereocenters. The highest BCUT2D eigenvalue weighted by Crippen LogP contribution is 2.53. The van der Waals surface area contributed by atoms with E-state index in [2.05, 4.69) is 15.9 Å². The van der Waals surface area contributed by atoms with Crippen molar-refractivity contribution in [2.24, 2.45) is 11.5 Å². The minimum absolute atomic E-state index is 0.172. The first-order valence-electron chi connectivity index (χ1n) is 5.24. The topological polar surface area (TPSA) is 86.2 Å².